The lowest BCUT2D eigenvalue weighted by molar-refractivity contribution is -0.141. The molecule has 0 aromatic heterocycles. The van der Waals surface area contributed by atoms with Crippen LogP contribution in [-0.4, -0.2) is 37.4 Å². The van der Waals surface area contributed by atoms with Gasteiger partial charge in [0.1, 0.15) is 0 Å². The van der Waals surface area contributed by atoms with Crippen molar-refractivity contribution >= 4 is 31.9 Å². The van der Waals surface area contributed by atoms with Gasteiger partial charge in [-0.3, -0.25) is 4.79 Å². The summed E-state index contributed by atoms with van der Waals surface area (Å²) in [4.78, 5) is 10.7. The summed E-state index contributed by atoms with van der Waals surface area (Å²) in [6, 6.07) is 6.97. The van der Waals surface area contributed by atoms with E-state index in [2.05, 4.69) is 15.9 Å². The molecule has 0 amide bonds. The number of carboxylic acid groups (broad SMARTS) is 1. The second kappa shape index (κ2) is 6.49. The Morgan fingerprint density at radius 2 is 1.89 bits per heavy atom. The zero-order chi connectivity index (χ0) is 14.6. The standard InChI is InChI=1S/C12H16BrNO4S/c1-9(12(15)16)7-14(2)19(17,18)8-10-3-5-11(13)6-4-10/h3-6,9H,7-8H2,1-2H3,(H,15,16). The molecule has 1 aromatic rings. The van der Waals surface area contributed by atoms with Gasteiger partial charge in [-0.2, -0.15) is 0 Å². The molecule has 1 atom stereocenters. The minimum Gasteiger partial charge on any atom is -0.481 e. The highest BCUT2D eigenvalue weighted by Gasteiger charge is 2.23. The molecule has 0 aliphatic carbocycles. The van der Waals surface area contributed by atoms with E-state index in [1.54, 1.807) is 24.3 Å². The number of sulfonamides is 1. The van der Waals surface area contributed by atoms with Crippen LogP contribution < -0.4 is 0 Å². The first-order chi connectivity index (χ1) is 8.72. The van der Waals surface area contributed by atoms with Crippen LogP contribution in [0.4, 0.5) is 0 Å². The summed E-state index contributed by atoms with van der Waals surface area (Å²) in [5, 5.41) is 8.79. The molecule has 0 saturated carbocycles. The molecule has 0 saturated heterocycles. The van der Waals surface area contributed by atoms with Crippen LogP contribution in [-0.2, 0) is 20.6 Å². The summed E-state index contributed by atoms with van der Waals surface area (Å²) in [5.41, 5.74) is 0.665. The van der Waals surface area contributed by atoms with E-state index in [1.807, 2.05) is 0 Å². The molecule has 0 aliphatic heterocycles. The maximum Gasteiger partial charge on any atom is 0.307 e. The summed E-state index contributed by atoms with van der Waals surface area (Å²) < 4.78 is 26.1. The molecule has 1 N–H and O–H groups in total. The van der Waals surface area contributed by atoms with Crippen LogP contribution in [0.3, 0.4) is 0 Å². The van der Waals surface area contributed by atoms with E-state index in [-0.39, 0.29) is 12.3 Å². The number of carbonyl (C=O) groups is 1. The lowest BCUT2D eigenvalue weighted by Gasteiger charge is -2.19. The minimum atomic E-state index is -3.50. The number of rotatable bonds is 6. The Balaban J connectivity index is 2.75. The monoisotopic (exact) mass is 349 g/mol. The van der Waals surface area contributed by atoms with Crippen molar-refractivity contribution in [2.45, 2.75) is 12.7 Å². The van der Waals surface area contributed by atoms with Crippen LogP contribution in [0.1, 0.15) is 12.5 Å². The van der Waals surface area contributed by atoms with Crippen LogP contribution in [0.5, 0.6) is 0 Å². The second-order valence-electron chi connectivity index (χ2n) is 4.40. The SMILES string of the molecule is CC(CN(C)S(=O)(=O)Cc1ccc(Br)cc1)C(=O)O. The van der Waals surface area contributed by atoms with Crippen LogP contribution in [0.2, 0.25) is 0 Å². The zero-order valence-corrected chi connectivity index (χ0v) is 13.1. The second-order valence-corrected chi connectivity index (χ2v) is 7.39. The predicted octanol–water partition coefficient (Wildman–Crippen LogP) is 1.93. The Kier molecular flexibility index (Phi) is 5.51. The summed E-state index contributed by atoms with van der Waals surface area (Å²) >= 11 is 3.28. The number of hydrogen-bond donors (Lipinski definition) is 1. The van der Waals surface area contributed by atoms with E-state index in [0.29, 0.717) is 5.56 Å². The number of halogens is 1. The van der Waals surface area contributed by atoms with Gasteiger partial charge in [0.25, 0.3) is 0 Å². The summed E-state index contributed by atoms with van der Waals surface area (Å²) in [6.45, 7) is 1.45. The average Bonchev–Trinajstić information content (AvgIpc) is 2.31. The van der Waals surface area contributed by atoms with Crippen molar-refractivity contribution in [3.63, 3.8) is 0 Å². The van der Waals surface area contributed by atoms with Gasteiger partial charge in [-0.15, -0.1) is 0 Å². The van der Waals surface area contributed by atoms with Gasteiger partial charge in [-0.05, 0) is 17.7 Å². The van der Waals surface area contributed by atoms with Crippen LogP contribution in [0.15, 0.2) is 28.7 Å². The summed E-state index contributed by atoms with van der Waals surface area (Å²) in [5.74, 6) is -1.88. The van der Waals surface area contributed by atoms with Crippen LogP contribution in [0, 0.1) is 5.92 Å². The van der Waals surface area contributed by atoms with E-state index < -0.39 is 21.9 Å². The molecule has 1 aromatic carbocycles. The van der Waals surface area contributed by atoms with Crippen molar-refractivity contribution in [1.29, 1.82) is 0 Å². The third kappa shape index (κ3) is 4.93. The topological polar surface area (TPSA) is 74.7 Å². The normalized spacial score (nSPS) is 13.5. The molecule has 0 heterocycles. The minimum absolute atomic E-state index is 0.0335. The van der Waals surface area contributed by atoms with Crippen molar-refractivity contribution in [3.05, 3.63) is 34.3 Å². The maximum atomic E-state index is 12.1. The smallest absolute Gasteiger partial charge is 0.307 e. The Labute approximate surface area is 121 Å². The van der Waals surface area contributed by atoms with Crippen molar-refractivity contribution in [2.24, 2.45) is 5.92 Å². The van der Waals surface area contributed by atoms with Gasteiger partial charge in [-0.1, -0.05) is 35.0 Å². The highest BCUT2D eigenvalue weighted by molar-refractivity contribution is 9.10. The third-order valence-electron chi connectivity index (χ3n) is 2.69. The van der Waals surface area contributed by atoms with Gasteiger partial charge in [0.2, 0.25) is 10.0 Å². The molecular weight excluding hydrogens is 334 g/mol. The molecule has 7 heteroatoms. The molecule has 0 bridgehead atoms. The molecular formula is C12H16BrNO4S. The van der Waals surface area contributed by atoms with Gasteiger partial charge in [-0.25, -0.2) is 12.7 Å². The average molecular weight is 350 g/mol. The molecule has 0 fully saturated rings. The van der Waals surface area contributed by atoms with Gasteiger partial charge in [0, 0.05) is 18.1 Å². The maximum absolute atomic E-state index is 12.1. The molecule has 0 spiro atoms. The third-order valence-corrected chi connectivity index (χ3v) is 5.02. The van der Waals surface area contributed by atoms with Gasteiger partial charge < -0.3 is 5.11 Å². The highest BCUT2D eigenvalue weighted by atomic mass is 79.9. The fraction of sp³-hybridized carbons (Fsp3) is 0.417. The van der Waals surface area contributed by atoms with Crippen molar-refractivity contribution in [2.75, 3.05) is 13.6 Å². The van der Waals surface area contributed by atoms with E-state index in [0.717, 1.165) is 8.78 Å². The van der Waals surface area contributed by atoms with E-state index in [1.165, 1.54) is 14.0 Å². The first-order valence-corrected chi connectivity index (χ1v) is 8.04. The van der Waals surface area contributed by atoms with Crippen molar-refractivity contribution < 1.29 is 18.3 Å². The predicted molar refractivity (Wildman–Crippen MR) is 76.2 cm³/mol. The van der Waals surface area contributed by atoms with Gasteiger partial charge in [0.15, 0.2) is 0 Å². The van der Waals surface area contributed by atoms with E-state index in [4.69, 9.17) is 5.11 Å². The number of benzene rings is 1. The molecule has 106 valence electrons. The lowest BCUT2D eigenvalue weighted by Crippen LogP contribution is -2.34. The number of nitrogens with zero attached hydrogens (tertiary/aromatic N) is 1. The first kappa shape index (κ1) is 16.1. The Bertz CT molecular complexity index is 541. The number of aliphatic carboxylic acids is 1. The number of hydrogen-bond acceptors (Lipinski definition) is 3. The fourth-order valence-corrected chi connectivity index (χ4v) is 3.03. The van der Waals surface area contributed by atoms with Gasteiger partial charge >= 0.3 is 5.97 Å². The summed E-state index contributed by atoms with van der Waals surface area (Å²) in [7, 11) is -2.10. The Hall–Kier alpha value is -0.920. The highest BCUT2D eigenvalue weighted by Crippen LogP contribution is 2.15. The zero-order valence-electron chi connectivity index (χ0n) is 10.7. The Morgan fingerprint density at radius 3 is 2.37 bits per heavy atom. The molecule has 0 radical (unpaired) electrons. The van der Waals surface area contributed by atoms with Crippen LogP contribution >= 0.6 is 15.9 Å². The number of carboxylic acids is 1. The lowest BCUT2D eigenvalue weighted by atomic mass is 10.2. The van der Waals surface area contributed by atoms with E-state index in [9.17, 15) is 13.2 Å². The molecule has 1 unspecified atom stereocenters. The van der Waals surface area contributed by atoms with Crippen molar-refractivity contribution in [1.82, 2.24) is 4.31 Å². The molecule has 5 nitrogen and oxygen atoms in total. The molecule has 19 heavy (non-hydrogen) atoms. The fourth-order valence-electron chi connectivity index (χ4n) is 1.48. The van der Waals surface area contributed by atoms with Crippen LogP contribution in [0.25, 0.3) is 0 Å². The van der Waals surface area contributed by atoms with E-state index >= 15 is 0 Å². The molecule has 0 aliphatic rings. The van der Waals surface area contributed by atoms with Crippen molar-refractivity contribution in [3.8, 4) is 0 Å². The Morgan fingerprint density at radius 1 is 1.37 bits per heavy atom. The quantitative estimate of drug-likeness (QED) is 0.851. The first-order valence-electron chi connectivity index (χ1n) is 5.63. The molecule has 1 rings (SSSR count). The largest absolute Gasteiger partial charge is 0.481 e. The summed E-state index contributed by atoms with van der Waals surface area (Å²) in [6.07, 6.45) is 0. The van der Waals surface area contributed by atoms with Gasteiger partial charge in [0.05, 0.1) is 11.7 Å².